The Bertz CT molecular complexity index is 1790. The van der Waals surface area contributed by atoms with Gasteiger partial charge in [-0.1, -0.05) is 58.4 Å². The molecular formula is C39H54N8O6S. The number of ether oxygens (including phenoxy) is 2. The van der Waals surface area contributed by atoms with Crippen LogP contribution in [0.4, 0.5) is 9.59 Å². The van der Waals surface area contributed by atoms with Crippen LogP contribution in [0.25, 0.3) is 21.7 Å². The smallest absolute Gasteiger partial charge is 0.425 e. The van der Waals surface area contributed by atoms with Crippen LogP contribution in [0.3, 0.4) is 0 Å². The van der Waals surface area contributed by atoms with Crippen LogP contribution in [0.2, 0.25) is 0 Å². The lowest BCUT2D eigenvalue weighted by Gasteiger charge is -2.30. The minimum absolute atomic E-state index is 0.0772. The molecule has 2 atom stereocenters. The molecule has 0 radical (unpaired) electrons. The van der Waals surface area contributed by atoms with E-state index in [2.05, 4.69) is 60.7 Å². The zero-order valence-corrected chi connectivity index (χ0v) is 33.0. The summed E-state index contributed by atoms with van der Waals surface area (Å²) in [5.74, 6) is 2.15. The van der Waals surface area contributed by atoms with E-state index in [1.54, 1.807) is 36.3 Å². The monoisotopic (exact) mass is 762 g/mol. The summed E-state index contributed by atoms with van der Waals surface area (Å²) in [5.41, 5.74) is 5.73. The van der Waals surface area contributed by atoms with Crippen molar-refractivity contribution in [3.8, 4) is 10.6 Å². The molecule has 2 fully saturated rings. The van der Waals surface area contributed by atoms with Crippen molar-refractivity contribution < 1.29 is 28.7 Å². The Hall–Kier alpha value is -5.18. The van der Waals surface area contributed by atoms with E-state index in [0.29, 0.717) is 24.7 Å². The molecule has 0 spiro atoms. The van der Waals surface area contributed by atoms with Crippen molar-refractivity contribution in [2.75, 3.05) is 20.8 Å². The number of aromatic amines is 2. The standard InChI is InChI=1S/C33H42N6O3S.C6H12N2O3/c1-20(2)29(38-33(41)42-5)32(40)39-17-9-12-26(39)31-35-18-24(36-31)21(3)13-14-22(4)27-15-16-28(43-27)25-19-34-30(37-25)23-10-7-6-8-11-23;1-5(2)8(4-9)7-6(10)11-3/h13-16,18-20,23,26,29H,3-4,6-12,17H2,1-2,5H3,(H,34,37)(H,35,36)(H,38,41);4-5H,1-3H3,(H,7,10)/b14-13-;. The van der Waals surface area contributed by atoms with Gasteiger partial charge in [-0.3, -0.25) is 14.6 Å². The average Bonchev–Trinajstić information content (AvgIpc) is 4.01. The summed E-state index contributed by atoms with van der Waals surface area (Å²) < 4.78 is 9.01. The van der Waals surface area contributed by atoms with Gasteiger partial charge in [0.25, 0.3) is 0 Å². The summed E-state index contributed by atoms with van der Waals surface area (Å²) in [7, 11) is 2.53. The zero-order chi connectivity index (χ0) is 39.4. The fraction of sp³-hybridized carbons (Fsp3) is 0.487. The van der Waals surface area contributed by atoms with Crippen LogP contribution in [-0.4, -0.2) is 87.2 Å². The highest BCUT2D eigenvalue weighted by Crippen LogP contribution is 2.36. The molecule has 1 saturated carbocycles. The van der Waals surface area contributed by atoms with Crippen molar-refractivity contribution in [2.45, 2.75) is 96.7 Å². The molecule has 5 rings (SSSR count). The largest absolute Gasteiger partial charge is 0.453 e. The molecular weight excluding hydrogens is 709 g/mol. The van der Waals surface area contributed by atoms with Gasteiger partial charge in [-0.25, -0.2) is 25.0 Å². The van der Waals surface area contributed by atoms with Gasteiger partial charge in [0.1, 0.15) is 17.7 Å². The summed E-state index contributed by atoms with van der Waals surface area (Å²) in [6.07, 6.45) is 14.9. The van der Waals surface area contributed by atoms with Crippen molar-refractivity contribution in [3.63, 3.8) is 0 Å². The number of H-pyrrole nitrogens is 2. The minimum atomic E-state index is -0.670. The topological polar surface area (TPSA) is 175 Å². The number of carbonyl (C=O) groups is 4. The number of hydrogen-bond acceptors (Lipinski definition) is 9. The van der Waals surface area contributed by atoms with E-state index in [4.69, 9.17) is 4.74 Å². The Morgan fingerprint density at radius 1 is 0.926 bits per heavy atom. The van der Waals surface area contributed by atoms with Crippen LogP contribution in [0.1, 0.15) is 107 Å². The Labute approximate surface area is 321 Å². The van der Waals surface area contributed by atoms with Gasteiger partial charge in [0.05, 0.1) is 48.9 Å². The molecule has 3 aromatic heterocycles. The summed E-state index contributed by atoms with van der Waals surface area (Å²) in [6.45, 7) is 16.5. The molecule has 0 bridgehead atoms. The van der Waals surface area contributed by atoms with E-state index in [9.17, 15) is 19.2 Å². The lowest BCUT2D eigenvalue weighted by Crippen LogP contribution is -2.51. The van der Waals surface area contributed by atoms with Gasteiger partial charge in [0, 0.05) is 23.4 Å². The number of thiophene rings is 1. The maximum Gasteiger partial charge on any atom is 0.425 e. The number of nitrogens with one attached hydrogen (secondary N) is 4. The van der Waals surface area contributed by atoms with Crippen LogP contribution < -0.4 is 10.7 Å². The Morgan fingerprint density at radius 2 is 1.61 bits per heavy atom. The van der Waals surface area contributed by atoms with E-state index >= 15 is 0 Å². The third-order valence-electron chi connectivity index (χ3n) is 9.52. The number of nitrogens with zero attached hydrogens (tertiary/aromatic N) is 4. The summed E-state index contributed by atoms with van der Waals surface area (Å²) in [6, 6.07) is 3.27. The van der Waals surface area contributed by atoms with Crippen LogP contribution in [-0.2, 0) is 19.1 Å². The summed E-state index contributed by atoms with van der Waals surface area (Å²) in [5, 5.41) is 3.80. The van der Waals surface area contributed by atoms with Crippen molar-refractivity contribution in [1.82, 2.24) is 40.6 Å². The third-order valence-corrected chi connectivity index (χ3v) is 10.7. The molecule has 54 heavy (non-hydrogen) atoms. The number of hydrazine groups is 1. The van der Waals surface area contributed by atoms with E-state index in [0.717, 1.165) is 56.0 Å². The molecule has 2 unspecified atom stereocenters. The van der Waals surface area contributed by atoms with Gasteiger partial charge in [0.15, 0.2) is 0 Å². The molecule has 4 amide bonds. The quantitative estimate of drug-likeness (QED) is 0.0794. The number of allylic oxidation sites excluding steroid dienone is 4. The van der Waals surface area contributed by atoms with Crippen molar-refractivity contribution in [1.29, 1.82) is 0 Å². The fourth-order valence-corrected chi connectivity index (χ4v) is 7.29. The SMILES string of the molecule is C=C(/C=C\C(=C)c1ccc(-c2cnc(C3CCCCC3)[nH]2)s1)c1cnc(C2CCCN2C(=O)C(NC(=O)OC)C(C)C)[nH]1.COC(=O)NN(C=O)C(C)C. The predicted octanol–water partition coefficient (Wildman–Crippen LogP) is 7.36. The summed E-state index contributed by atoms with van der Waals surface area (Å²) >= 11 is 1.69. The molecule has 4 N–H and O–H groups in total. The molecule has 0 aromatic carbocycles. The molecule has 4 heterocycles. The van der Waals surface area contributed by atoms with E-state index in [-0.39, 0.29) is 23.9 Å². The van der Waals surface area contributed by atoms with Gasteiger partial charge in [-0.2, -0.15) is 0 Å². The molecule has 1 saturated heterocycles. The molecule has 2 aliphatic rings. The fourth-order valence-electron chi connectivity index (χ4n) is 6.36. The number of alkyl carbamates (subject to hydrolysis) is 1. The van der Waals surface area contributed by atoms with Crippen LogP contribution in [0.15, 0.2) is 49.8 Å². The maximum atomic E-state index is 13.4. The number of aromatic nitrogens is 4. The van der Waals surface area contributed by atoms with Gasteiger partial charge in [-0.15, -0.1) is 11.3 Å². The number of carbonyl (C=O) groups excluding carboxylic acids is 4. The highest BCUT2D eigenvalue weighted by atomic mass is 32.1. The number of methoxy groups -OCH3 is 2. The second-order valence-electron chi connectivity index (χ2n) is 14.0. The van der Waals surface area contributed by atoms with Crippen LogP contribution in [0.5, 0.6) is 0 Å². The molecule has 1 aliphatic heterocycles. The van der Waals surface area contributed by atoms with Crippen molar-refractivity contribution >= 4 is 47.0 Å². The summed E-state index contributed by atoms with van der Waals surface area (Å²) in [4.78, 5) is 66.3. The number of likely N-dealkylation sites (tertiary alicyclic amines) is 1. The first-order chi connectivity index (χ1) is 25.9. The first-order valence-electron chi connectivity index (χ1n) is 18.4. The van der Waals surface area contributed by atoms with Crippen LogP contribution in [0, 0.1) is 5.92 Å². The van der Waals surface area contributed by atoms with Gasteiger partial charge in [0.2, 0.25) is 12.3 Å². The minimum Gasteiger partial charge on any atom is -0.453 e. The van der Waals surface area contributed by atoms with E-state index in [1.807, 2.05) is 32.2 Å². The Balaban J connectivity index is 0.000000514. The first-order valence-corrected chi connectivity index (χ1v) is 19.2. The van der Waals surface area contributed by atoms with Crippen molar-refractivity contribution in [2.24, 2.45) is 5.92 Å². The molecule has 15 heteroatoms. The number of imidazole rings is 2. The number of amides is 4. The Kier molecular flexibility index (Phi) is 15.2. The van der Waals surface area contributed by atoms with Gasteiger partial charge in [-0.05, 0) is 68.7 Å². The molecule has 3 aromatic rings. The predicted molar refractivity (Wildman–Crippen MR) is 210 cm³/mol. The molecule has 14 nitrogen and oxygen atoms in total. The van der Waals surface area contributed by atoms with Crippen molar-refractivity contribution in [3.05, 3.63) is 72.1 Å². The third kappa shape index (κ3) is 10.9. The van der Waals surface area contributed by atoms with Crippen LogP contribution >= 0.6 is 11.3 Å². The van der Waals surface area contributed by atoms with Gasteiger partial charge < -0.3 is 29.7 Å². The highest BCUT2D eigenvalue weighted by molar-refractivity contribution is 7.16. The van der Waals surface area contributed by atoms with E-state index in [1.165, 1.54) is 46.3 Å². The first kappa shape index (κ1) is 41.6. The molecule has 292 valence electrons. The van der Waals surface area contributed by atoms with Gasteiger partial charge >= 0.3 is 12.2 Å². The zero-order valence-electron chi connectivity index (χ0n) is 32.1. The molecule has 1 aliphatic carbocycles. The second kappa shape index (κ2) is 19.8. The highest BCUT2D eigenvalue weighted by Gasteiger charge is 2.37. The van der Waals surface area contributed by atoms with E-state index < -0.39 is 18.2 Å². The second-order valence-corrected chi connectivity index (χ2v) is 15.1. The number of rotatable bonds is 13. The lowest BCUT2D eigenvalue weighted by atomic mass is 9.89. The lowest BCUT2D eigenvalue weighted by molar-refractivity contribution is -0.135. The number of hydrogen-bond donors (Lipinski definition) is 4. The normalized spacial score (nSPS) is 16.4. The Morgan fingerprint density at radius 3 is 2.26 bits per heavy atom. The maximum absolute atomic E-state index is 13.4. The average molecular weight is 763 g/mol.